The molecule has 2 rings (SSSR count). The number of fused-ring (bicyclic) bond motifs is 1. The number of halogens is 1. The molecular weight excluding hydrogens is 230 g/mol. The molecule has 1 atom stereocenters. The number of nitrogens with zero attached hydrogens (tertiary/aromatic N) is 2. The number of rotatable bonds is 1. The monoisotopic (exact) mass is 239 g/mol. The van der Waals surface area contributed by atoms with E-state index in [0.29, 0.717) is 0 Å². The summed E-state index contributed by atoms with van der Waals surface area (Å²) in [7, 11) is 0. The fourth-order valence-corrected chi connectivity index (χ4v) is 1.93. The maximum atomic E-state index is 5.80. The average Bonchev–Trinajstić information content (AvgIpc) is 2.49. The van der Waals surface area contributed by atoms with E-state index in [2.05, 4.69) is 20.9 Å². The van der Waals surface area contributed by atoms with Gasteiger partial charge >= 0.3 is 0 Å². The van der Waals surface area contributed by atoms with Crippen LogP contribution in [-0.2, 0) is 0 Å². The summed E-state index contributed by atoms with van der Waals surface area (Å²) in [6.07, 6.45) is 3.73. The lowest BCUT2D eigenvalue weighted by Crippen LogP contribution is -2.05. The third-order valence-corrected chi connectivity index (χ3v) is 2.61. The van der Waals surface area contributed by atoms with Gasteiger partial charge in [0.15, 0.2) is 0 Å². The van der Waals surface area contributed by atoms with Gasteiger partial charge in [-0.1, -0.05) is 0 Å². The third-order valence-electron chi connectivity index (χ3n) is 1.97. The van der Waals surface area contributed by atoms with Crippen LogP contribution in [0.1, 0.15) is 18.7 Å². The van der Waals surface area contributed by atoms with Crippen LogP contribution in [0.3, 0.4) is 0 Å². The predicted octanol–water partition coefficient (Wildman–Crippen LogP) is 2.12. The molecular formula is C9H10BrN3. The molecule has 0 bridgehead atoms. The molecule has 0 saturated carbocycles. The van der Waals surface area contributed by atoms with Gasteiger partial charge in [-0.15, -0.1) is 0 Å². The molecule has 2 aromatic rings. The summed E-state index contributed by atoms with van der Waals surface area (Å²) in [5, 5.41) is 0. The molecule has 0 amide bonds. The molecule has 2 aromatic heterocycles. The van der Waals surface area contributed by atoms with Gasteiger partial charge in [-0.2, -0.15) is 0 Å². The first-order valence-corrected chi connectivity index (χ1v) is 4.86. The number of imidazole rings is 1. The number of hydrogen-bond donors (Lipinski definition) is 1. The molecule has 0 aromatic carbocycles. The van der Waals surface area contributed by atoms with Crippen LogP contribution >= 0.6 is 15.9 Å². The van der Waals surface area contributed by atoms with Gasteiger partial charge in [0.05, 0.1) is 17.5 Å². The number of nitrogens with two attached hydrogens (primary N) is 1. The van der Waals surface area contributed by atoms with E-state index in [0.717, 1.165) is 15.7 Å². The van der Waals surface area contributed by atoms with Crippen LogP contribution in [0.5, 0.6) is 0 Å². The van der Waals surface area contributed by atoms with Gasteiger partial charge in [0.25, 0.3) is 0 Å². The van der Waals surface area contributed by atoms with E-state index < -0.39 is 0 Å². The van der Waals surface area contributed by atoms with Crippen LogP contribution in [0, 0.1) is 0 Å². The quantitative estimate of drug-likeness (QED) is 0.829. The Morgan fingerprint density at radius 2 is 2.38 bits per heavy atom. The largest absolute Gasteiger partial charge is 0.323 e. The van der Waals surface area contributed by atoms with Crippen LogP contribution < -0.4 is 5.73 Å². The molecule has 0 radical (unpaired) electrons. The lowest BCUT2D eigenvalue weighted by molar-refractivity contribution is 0.796. The molecule has 2 N–H and O–H groups in total. The molecule has 1 unspecified atom stereocenters. The number of hydrogen-bond acceptors (Lipinski definition) is 2. The minimum atomic E-state index is -0.0382. The van der Waals surface area contributed by atoms with Crippen molar-refractivity contribution in [1.29, 1.82) is 0 Å². The second-order valence-electron chi connectivity index (χ2n) is 3.03. The summed E-state index contributed by atoms with van der Waals surface area (Å²) in [5.74, 6) is 0. The Morgan fingerprint density at radius 1 is 1.62 bits per heavy atom. The maximum absolute atomic E-state index is 5.80. The van der Waals surface area contributed by atoms with Gasteiger partial charge in [0.1, 0.15) is 0 Å². The summed E-state index contributed by atoms with van der Waals surface area (Å²) >= 11 is 3.48. The lowest BCUT2D eigenvalue weighted by Gasteiger charge is -2.03. The van der Waals surface area contributed by atoms with E-state index in [-0.39, 0.29) is 6.04 Å². The normalized spacial score (nSPS) is 13.5. The summed E-state index contributed by atoms with van der Waals surface area (Å²) in [5.41, 5.74) is 7.77. The third kappa shape index (κ3) is 1.36. The molecule has 0 saturated heterocycles. The highest BCUT2D eigenvalue weighted by Gasteiger charge is 2.10. The van der Waals surface area contributed by atoms with Crippen molar-refractivity contribution in [3.8, 4) is 0 Å². The van der Waals surface area contributed by atoms with Gasteiger partial charge in [-0.25, -0.2) is 4.98 Å². The molecule has 0 fully saturated rings. The van der Waals surface area contributed by atoms with Gasteiger partial charge < -0.3 is 10.1 Å². The highest BCUT2D eigenvalue weighted by atomic mass is 79.9. The van der Waals surface area contributed by atoms with Crippen molar-refractivity contribution in [3.05, 3.63) is 34.8 Å². The Morgan fingerprint density at radius 3 is 3.08 bits per heavy atom. The Balaban J connectivity index is 2.79. The first-order chi connectivity index (χ1) is 6.20. The van der Waals surface area contributed by atoms with Crippen LogP contribution in [0.2, 0.25) is 0 Å². The molecule has 13 heavy (non-hydrogen) atoms. The predicted molar refractivity (Wildman–Crippen MR) is 55.5 cm³/mol. The topological polar surface area (TPSA) is 43.3 Å². The van der Waals surface area contributed by atoms with Gasteiger partial charge in [-0.3, -0.25) is 0 Å². The minimum absolute atomic E-state index is 0.0382. The zero-order chi connectivity index (χ0) is 9.42. The average molecular weight is 240 g/mol. The van der Waals surface area contributed by atoms with E-state index in [9.17, 15) is 0 Å². The Labute approximate surface area is 84.7 Å². The zero-order valence-electron chi connectivity index (χ0n) is 7.24. The second-order valence-corrected chi connectivity index (χ2v) is 3.88. The second kappa shape index (κ2) is 3.12. The van der Waals surface area contributed by atoms with Crippen molar-refractivity contribution in [2.45, 2.75) is 13.0 Å². The Bertz CT molecular complexity index is 433. The highest BCUT2D eigenvalue weighted by Crippen LogP contribution is 2.23. The molecule has 3 nitrogen and oxygen atoms in total. The summed E-state index contributed by atoms with van der Waals surface area (Å²) in [6, 6.07) is 3.91. The SMILES string of the molecule is CC(N)c1ncn2cccc(Br)c12. The van der Waals surface area contributed by atoms with E-state index in [1.807, 2.05) is 29.7 Å². The molecule has 68 valence electrons. The van der Waals surface area contributed by atoms with Crippen LogP contribution in [0.25, 0.3) is 5.52 Å². The number of aromatic nitrogens is 2. The minimum Gasteiger partial charge on any atom is -0.323 e. The van der Waals surface area contributed by atoms with E-state index >= 15 is 0 Å². The fourth-order valence-electron chi connectivity index (χ4n) is 1.37. The molecule has 0 spiro atoms. The van der Waals surface area contributed by atoms with Gasteiger partial charge in [0.2, 0.25) is 0 Å². The lowest BCUT2D eigenvalue weighted by atomic mass is 10.2. The molecule has 4 heteroatoms. The van der Waals surface area contributed by atoms with Crippen molar-refractivity contribution in [3.63, 3.8) is 0 Å². The first-order valence-electron chi connectivity index (χ1n) is 4.07. The molecule has 2 heterocycles. The summed E-state index contributed by atoms with van der Waals surface area (Å²) in [4.78, 5) is 4.26. The number of pyridine rings is 1. The molecule has 0 aliphatic rings. The Hall–Kier alpha value is -0.870. The van der Waals surface area contributed by atoms with Crippen LogP contribution in [-0.4, -0.2) is 9.38 Å². The summed E-state index contributed by atoms with van der Waals surface area (Å²) in [6.45, 7) is 1.93. The smallest absolute Gasteiger partial charge is 0.0996 e. The zero-order valence-corrected chi connectivity index (χ0v) is 8.82. The van der Waals surface area contributed by atoms with Crippen molar-refractivity contribution in [2.24, 2.45) is 5.73 Å². The standard InChI is InChI=1S/C9H10BrN3/c1-6(11)8-9-7(10)3-2-4-13(9)5-12-8/h2-6H,11H2,1H3. The van der Waals surface area contributed by atoms with Crippen molar-refractivity contribution >= 4 is 21.4 Å². The van der Waals surface area contributed by atoms with Crippen LogP contribution in [0.4, 0.5) is 0 Å². The van der Waals surface area contributed by atoms with Crippen molar-refractivity contribution in [1.82, 2.24) is 9.38 Å². The van der Waals surface area contributed by atoms with Gasteiger partial charge in [-0.05, 0) is 35.0 Å². The van der Waals surface area contributed by atoms with E-state index in [1.54, 1.807) is 6.33 Å². The Kier molecular flexibility index (Phi) is 2.09. The summed E-state index contributed by atoms with van der Waals surface area (Å²) < 4.78 is 2.99. The maximum Gasteiger partial charge on any atom is 0.0996 e. The van der Waals surface area contributed by atoms with E-state index in [1.165, 1.54) is 0 Å². The van der Waals surface area contributed by atoms with E-state index in [4.69, 9.17) is 5.73 Å². The van der Waals surface area contributed by atoms with Gasteiger partial charge in [0, 0.05) is 16.7 Å². The van der Waals surface area contributed by atoms with Crippen LogP contribution in [0.15, 0.2) is 29.1 Å². The fraction of sp³-hybridized carbons (Fsp3) is 0.222. The highest BCUT2D eigenvalue weighted by molar-refractivity contribution is 9.10. The van der Waals surface area contributed by atoms with Crippen molar-refractivity contribution < 1.29 is 0 Å². The molecule has 0 aliphatic heterocycles. The van der Waals surface area contributed by atoms with Crippen molar-refractivity contribution in [2.75, 3.05) is 0 Å². The molecule has 0 aliphatic carbocycles. The first kappa shape index (κ1) is 8.72.